The summed E-state index contributed by atoms with van der Waals surface area (Å²) in [6, 6.07) is 2.78. The van der Waals surface area contributed by atoms with Crippen molar-refractivity contribution < 1.29 is 4.74 Å². The second-order valence-electron chi connectivity index (χ2n) is 6.65. The molecule has 20 heavy (non-hydrogen) atoms. The average Bonchev–Trinajstić information content (AvgIpc) is 3.09. The maximum Gasteiger partial charge on any atom is 0.0808 e. The lowest BCUT2D eigenvalue weighted by molar-refractivity contribution is -0.0810. The Hall–Kier alpha value is -0.870. The lowest BCUT2D eigenvalue weighted by Gasteiger charge is -2.38. The smallest absolute Gasteiger partial charge is 0.0808 e. The van der Waals surface area contributed by atoms with Crippen molar-refractivity contribution in [1.82, 2.24) is 9.78 Å². The van der Waals surface area contributed by atoms with E-state index in [0.29, 0.717) is 6.04 Å². The third-order valence-corrected chi connectivity index (χ3v) is 5.08. The van der Waals surface area contributed by atoms with Gasteiger partial charge in [-0.05, 0) is 45.1 Å². The standard InChI is InChI=1S/C16H27N3O/c1-16(9-4-5-11-20-16)15(17)12-13-8-10-19(18-13)14-6-2-3-7-14/h8,10,14-15H,2-7,9,11-12,17H2,1H3. The molecule has 1 saturated heterocycles. The summed E-state index contributed by atoms with van der Waals surface area (Å²) in [4.78, 5) is 0. The highest BCUT2D eigenvalue weighted by atomic mass is 16.5. The Morgan fingerprint density at radius 3 is 2.90 bits per heavy atom. The van der Waals surface area contributed by atoms with Crippen LogP contribution in [0.5, 0.6) is 0 Å². The van der Waals surface area contributed by atoms with Crippen molar-refractivity contribution in [3.05, 3.63) is 18.0 Å². The van der Waals surface area contributed by atoms with E-state index in [4.69, 9.17) is 15.6 Å². The largest absolute Gasteiger partial charge is 0.374 e. The monoisotopic (exact) mass is 277 g/mol. The molecule has 2 unspecified atom stereocenters. The van der Waals surface area contributed by atoms with Gasteiger partial charge < -0.3 is 10.5 Å². The molecule has 2 N–H and O–H groups in total. The van der Waals surface area contributed by atoms with Crippen LogP contribution in [0.2, 0.25) is 0 Å². The summed E-state index contributed by atoms with van der Waals surface area (Å²) in [6.45, 7) is 3.01. The van der Waals surface area contributed by atoms with Crippen LogP contribution in [0.15, 0.2) is 12.3 Å². The number of nitrogens with two attached hydrogens (primary N) is 1. The first kappa shape index (κ1) is 14.1. The van der Waals surface area contributed by atoms with Crippen LogP contribution in [0, 0.1) is 0 Å². The Bertz CT molecular complexity index is 431. The van der Waals surface area contributed by atoms with Gasteiger partial charge >= 0.3 is 0 Å². The minimum Gasteiger partial charge on any atom is -0.374 e. The van der Waals surface area contributed by atoms with Gasteiger partial charge in [0.2, 0.25) is 0 Å². The molecule has 0 spiro atoms. The van der Waals surface area contributed by atoms with Gasteiger partial charge in [-0.3, -0.25) is 4.68 Å². The van der Waals surface area contributed by atoms with Gasteiger partial charge in [0.25, 0.3) is 0 Å². The van der Waals surface area contributed by atoms with Crippen LogP contribution in [-0.2, 0) is 11.2 Å². The summed E-state index contributed by atoms with van der Waals surface area (Å²) in [5.41, 5.74) is 7.34. The molecule has 4 heteroatoms. The lowest BCUT2D eigenvalue weighted by Crippen LogP contribution is -2.50. The SMILES string of the molecule is CC1(C(N)Cc2ccn(C3CCCC3)n2)CCCCO1. The van der Waals surface area contributed by atoms with E-state index in [2.05, 4.69) is 23.9 Å². The molecule has 0 bridgehead atoms. The van der Waals surface area contributed by atoms with E-state index in [-0.39, 0.29) is 11.6 Å². The van der Waals surface area contributed by atoms with E-state index >= 15 is 0 Å². The molecule has 3 rings (SSSR count). The van der Waals surface area contributed by atoms with Gasteiger partial charge in [0, 0.05) is 25.3 Å². The van der Waals surface area contributed by atoms with Crippen LogP contribution in [0.1, 0.15) is 63.6 Å². The summed E-state index contributed by atoms with van der Waals surface area (Å²) in [5, 5.41) is 4.74. The molecule has 1 aliphatic carbocycles. The van der Waals surface area contributed by atoms with E-state index in [1.54, 1.807) is 0 Å². The van der Waals surface area contributed by atoms with Crippen LogP contribution >= 0.6 is 0 Å². The molecule has 1 aliphatic heterocycles. The third kappa shape index (κ3) is 2.91. The zero-order chi connectivity index (χ0) is 14.0. The maximum atomic E-state index is 6.40. The van der Waals surface area contributed by atoms with Crippen molar-refractivity contribution in [3.63, 3.8) is 0 Å². The molecule has 2 aliphatic rings. The van der Waals surface area contributed by atoms with Gasteiger partial charge in [-0.2, -0.15) is 5.10 Å². The van der Waals surface area contributed by atoms with E-state index < -0.39 is 0 Å². The first-order chi connectivity index (χ1) is 9.67. The molecule has 2 heterocycles. The van der Waals surface area contributed by atoms with E-state index in [9.17, 15) is 0 Å². The van der Waals surface area contributed by atoms with Gasteiger partial charge in [0.1, 0.15) is 0 Å². The maximum absolute atomic E-state index is 6.40. The van der Waals surface area contributed by atoms with Crippen molar-refractivity contribution in [2.75, 3.05) is 6.61 Å². The van der Waals surface area contributed by atoms with Crippen molar-refractivity contribution in [2.45, 2.75) is 76.0 Å². The van der Waals surface area contributed by atoms with Crippen molar-refractivity contribution >= 4 is 0 Å². The number of ether oxygens (including phenoxy) is 1. The molecule has 112 valence electrons. The predicted molar refractivity (Wildman–Crippen MR) is 79.6 cm³/mol. The first-order valence-corrected chi connectivity index (χ1v) is 8.11. The Kier molecular flexibility index (Phi) is 4.13. The van der Waals surface area contributed by atoms with Crippen LogP contribution in [0.25, 0.3) is 0 Å². The molecule has 1 saturated carbocycles. The Balaban J connectivity index is 1.62. The van der Waals surface area contributed by atoms with E-state index in [1.165, 1.54) is 38.5 Å². The fraction of sp³-hybridized carbons (Fsp3) is 0.812. The van der Waals surface area contributed by atoms with Crippen LogP contribution in [0.3, 0.4) is 0 Å². The Labute approximate surface area is 121 Å². The molecule has 0 aromatic carbocycles. The van der Waals surface area contributed by atoms with Gasteiger partial charge in [-0.1, -0.05) is 12.8 Å². The third-order valence-electron chi connectivity index (χ3n) is 5.08. The summed E-state index contributed by atoms with van der Waals surface area (Å²) in [6.07, 6.45) is 11.6. The van der Waals surface area contributed by atoms with Gasteiger partial charge in [0.05, 0.1) is 17.3 Å². The van der Waals surface area contributed by atoms with Crippen LogP contribution in [-0.4, -0.2) is 28.0 Å². The highest BCUT2D eigenvalue weighted by Crippen LogP contribution is 2.30. The molecule has 4 nitrogen and oxygen atoms in total. The molecule has 2 fully saturated rings. The molecule has 0 amide bonds. The first-order valence-electron chi connectivity index (χ1n) is 8.11. The van der Waals surface area contributed by atoms with E-state index in [0.717, 1.165) is 25.1 Å². The lowest BCUT2D eigenvalue weighted by atomic mass is 9.86. The summed E-state index contributed by atoms with van der Waals surface area (Å²) < 4.78 is 8.10. The zero-order valence-electron chi connectivity index (χ0n) is 12.6. The number of nitrogens with zero attached hydrogens (tertiary/aromatic N) is 2. The second-order valence-corrected chi connectivity index (χ2v) is 6.65. The highest BCUT2D eigenvalue weighted by molar-refractivity contribution is 5.05. The Morgan fingerprint density at radius 1 is 1.40 bits per heavy atom. The van der Waals surface area contributed by atoms with Gasteiger partial charge in [0.15, 0.2) is 0 Å². The number of hydrogen-bond acceptors (Lipinski definition) is 3. The zero-order valence-corrected chi connectivity index (χ0v) is 12.6. The summed E-state index contributed by atoms with van der Waals surface area (Å²) in [7, 11) is 0. The fourth-order valence-electron chi connectivity index (χ4n) is 3.55. The minimum absolute atomic E-state index is 0.0368. The molecule has 1 aromatic heterocycles. The number of hydrogen-bond donors (Lipinski definition) is 1. The fourth-order valence-corrected chi connectivity index (χ4v) is 3.55. The van der Waals surface area contributed by atoms with Crippen molar-refractivity contribution in [3.8, 4) is 0 Å². The van der Waals surface area contributed by atoms with Crippen LogP contribution in [0.4, 0.5) is 0 Å². The highest BCUT2D eigenvalue weighted by Gasteiger charge is 2.35. The predicted octanol–water partition coefficient (Wildman–Crippen LogP) is 2.83. The van der Waals surface area contributed by atoms with Gasteiger partial charge in [-0.25, -0.2) is 0 Å². The van der Waals surface area contributed by atoms with E-state index in [1.807, 2.05) is 0 Å². The Morgan fingerprint density at radius 2 is 2.20 bits per heavy atom. The summed E-state index contributed by atoms with van der Waals surface area (Å²) in [5.74, 6) is 0. The normalized spacial score (nSPS) is 29.7. The average molecular weight is 277 g/mol. The molecular formula is C16H27N3O. The molecule has 1 aromatic rings. The molecule has 0 radical (unpaired) electrons. The topological polar surface area (TPSA) is 53.1 Å². The van der Waals surface area contributed by atoms with Crippen molar-refractivity contribution in [1.29, 1.82) is 0 Å². The molecular weight excluding hydrogens is 250 g/mol. The minimum atomic E-state index is -0.171. The van der Waals surface area contributed by atoms with Crippen LogP contribution < -0.4 is 5.73 Å². The number of aromatic nitrogens is 2. The summed E-state index contributed by atoms with van der Waals surface area (Å²) >= 11 is 0. The van der Waals surface area contributed by atoms with Crippen molar-refractivity contribution in [2.24, 2.45) is 5.73 Å². The quantitative estimate of drug-likeness (QED) is 0.920. The number of rotatable bonds is 4. The molecule has 2 atom stereocenters. The van der Waals surface area contributed by atoms with Gasteiger partial charge in [-0.15, -0.1) is 0 Å². The second kappa shape index (κ2) is 5.86.